The molecule has 158 valence electrons. The number of ether oxygens (including phenoxy) is 2. The summed E-state index contributed by atoms with van der Waals surface area (Å²) in [5, 5.41) is 2.94. The van der Waals surface area contributed by atoms with Crippen LogP contribution in [0.4, 0.5) is 9.18 Å². The predicted octanol–water partition coefficient (Wildman–Crippen LogP) is 1.93. The molecule has 0 aromatic heterocycles. The lowest BCUT2D eigenvalue weighted by atomic mass is 9.97. The molecule has 3 heterocycles. The maximum atomic E-state index is 13.2. The van der Waals surface area contributed by atoms with E-state index in [1.54, 1.807) is 6.07 Å². The highest BCUT2D eigenvalue weighted by Gasteiger charge is 2.38. The van der Waals surface area contributed by atoms with Gasteiger partial charge in [-0.1, -0.05) is 0 Å². The minimum atomic E-state index is -0.259. The number of hydrogen-bond donors (Lipinski definition) is 1. The van der Waals surface area contributed by atoms with Gasteiger partial charge in [0.2, 0.25) is 5.91 Å². The molecule has 1 N–H and O–H groups in total. The zero-order valence-electron chi connectivity index (χ0n) is 16.7. The molecule has 8 heteroatoms. The first-order valence-electron chi connectivity index (χ1n) is 10.3. The molecule has 4 rings (SSSR count). The second-order valence-electron chi connectivity index (χ2n) is 8.19. The molecule has 3 aliphatic heterocycles. The van der Waals surface area contributed by atoms with Crippen molar-refractivity contribution in [2.45, 2.75) is 38.3 Å². The Morgan fingerprint density at radius 3 is 2.76 bits per heavy atom. The Balaban J connectivity index is 1.24. The predicted molar refractivity (Wildman–Crippen MR) is 104 cm³/mol. The molecule has 29 heavy (non-hydrogen) atoms. The molecule has 7 nitrogen and oxygen atoms in total. The number of urea groups is 1. The van der Waals surface area contributed by atoms with Crippen molar-refractivity contribution in [1.29, 1.82) is 0 Å². The number of rotatable bonds is 3. The SMILES string of the molecule is Cc1cc(F)ccc1OCC1CCN(C(=O)N2CC[C@@H]3OCC(=O)N[C@@H]3C2)CC1. The molecule has 3 amide bonds. The first-order chi connectivity index (χ1) is 14.0. The van der Waals surface area contributed by atoms with Crippen LogP contribution in [-0.4, -0.2) is 73.3 Å². The number of nitrogens with zero attached hydrogens (tertiary/aromatic N) is 2. The van der Waals surface area contributed by atoms with Crippen LogP contribution in [0.2, 0.25) is 0 Å². The van der Waals surface area contributed by atoms with Crippen LogP contribution in [0.3, 0.4) is 0 Å². The van der Waals surface area contributed by atoms with E-state index >= 15 is 0 Å². The number of benzene rings is 1. The molecule has 0 spiro atoms. The normalized spacial score (nSPS) is 25.4. The van der Waals surface area contributed by atoms with E-state index in [2.05, 4.69) is 5.32 Å². The summed E-state index contributed by atoms with van der Waals surface area (Å²) in [5.41, 5.74) is 0.791. The maximum absolute atomic E-state index is 13.2. The van der Waals surface area contributed by atoms with Crippen LogP contribution in [0.5, 0.6) is 5.75 Å². The Kier molecular flexibility index (Phi) is 5.89. The number of likely N-dealkylation sites (tertiary alicyclic amines) is 2. The maximum Gasteiger partial charge on any atom is 0.320 e. The summed E-state index contributed by atoms with van der Waals surface area (Å²) < 4.78 is 24.6. The van der Waals surface area contributed by atoms with E-state index in [4.69, 9.17) is 9.47 Å². The third-order valence-electron chi connectivity index (χ3n) is 6.09. The number of amides is 3. The number of hydrogen-bond acceptors (Lipinski definition) is 4. The second kappa shape index (κ2) is 8.57. The standard InChI is InChI=1S/C21H28FN3O4/c1-14-10-16(22)2-3-18(14)28-12-15-4-7-24(8-5-15)21(27)25-9-6-19-17(11-25)23-20(26)13-29-19/h2-3,10,15,17,19H,4-9,11-13H2,1H3,(H,23,26)/t17-,19+/m1/s1. The fourth-order valence-corrected chi connectivity index (χ4v) is 4.35. The number of fused-ring (bicyclic) bond motifs is 1. The third-order valence-corrected chi connectivity index (χ3v) is 6.09. The highest BCUT2D eigenvalue weighted by molar-refractivity contribution is 5.79. The number of nitrogens with one attached hydrogen (secondary N) is 1. The molecule has 2 atom stereocenters. The Morgan fingerprint density at radius 1 is 1.24 bits per heavy atom. The van der Waals surface area contributed by atoms with Gasteiger partial charge in [0, 0.05) is 26.2 Å². The summed E-state index contributed by atoms with van der Waals surface area (Å²) in [5.74, 6) is 0.715. The van der Waals surface area contributed by atoms with Gasteiger partial charge in [-0.05, 0) is 55.9 Å². The van der Waals surface area contributed by atoms with Gasteiger partial charge in [-0.25, -0.2) is 9.18 Å². The zero-order chi connectivity index (χ0) is 20.4. The molecular formula is C21H28FN3O4. The van der Waals surface area contributed by atoms with Gasteiger partial charge < -0.3 is 24.6 Å². The van der Waals surface area contributed by atoms with Crippen LogP contribution in [-0.2, 0) is 9.53 Å². The first kappa shape index (κ1) is 19.9. The molecule has 0 saturated carbocycles. The Bertz CT molecular complexity index is 766. The summed E-state index contributed by atoms with van der Waals surface area (Å²) >= 11 is 0. The van der Waals surface area contributed by atoms with Gasteiger partial charge in [-0.3, -0.25) is 4.79 Å². The molecule has 3 saturated heterocycles. The van der Waals surface area contributed by atoms with E-state index in [0.29, 0.717) is 44.5 Å². The van der Waals surface area contributed by atoms with E-state index in [1.165, 1.54) is 12.1 Å². The number of carbonyl (C=O) groups is 2. The molecule has 3 aliphatic rings. The second-order valence-corrected chi connectivity index (χ2v) is 8.19. The van der Waals surface area contributed by atoms with Crippen molar-refractivity contribution < 1.29 is 23.5 Å². The van der Waals surface area contributed by atoms with E-state index in [9.17, 15) is 14.0 Å². The van der Waals surface area contributed by atoms with Gasteiger partial charge >= 0.3 is 6.03 Å². The van der Waals surface area contributed by atoms with E-state index in [1.807, 2.05) is 16.7 Å². The molecule has 0 bridgehead atoms. The summed E-state index contributed by atoms with van der Waals surface area (Å²) in [6.45, 7) is 5.08. The van der Waals surface area contributed by atoms with E-state index in [-0.39, 0.29) is 36.5 Å². The van der Waals surface area contributed by atoms with Crippen molar-refractivity contribution in [3.8, 4) is 5.75 Å². The average Bonchev–Trinajstić information content (AvgIpc) is 2.72. The van der Waals surface area contributed by atoms with Gasteiger partial charge in [0.15, 0.2) is 0 Å². The van der Waals surface area contributed by atoms with Crippen molar-refractivity contribution in [3.63, 3.8) is 0 Å². The quantitative estimate of drug-likeness (QED) is 0.834. The summed E-state index contributed by atoms with van der Waals surface area (Å²) in [4.78, 5) is 28.2. The average molecular weight is 405 g/mol. The largest absolute Gasteiger partial charge is 0.493 e. The number of morpholine rings is 1. The molecular weight excluding hydrogens is 377 g/mol. The van der Waals surface area contributed by atoms with Crippen LogP contribution >= 0.6 is 0 Å². The minimum Gasteiger partial charge on any atom is -0.493 e. The number of halogens is 1. The fourth-order valence-electron chi connectivity index (χ4n) is 4.35. The third kappa shape index (κ3) is 4.63. The highest BCUT2D eigenvalue weighted by Crippen LogP contribution is 2.24. The van der Waals surface area contributed by atoms with E-state index < -0.39 is 0 Å². The van der Waals surface area contributed by atoms with Crippen molar-refractivity contribution >= 4 is 11.9 Å². The van der Waals surface area contributed by atoms with Gasteiger partial charge in [0.1, 0.15) is 18.2 Å². The number of carbonyl (C=O) groups excluding carboxylic acids is 2. The number of piperidine rings is 2. The lowest BCUT2D eigenvalue weighted by Crippen LogP contribution is -2.62. The van der Waals surface area contributed by atoms with Crippen molar-refractivity contribution in [3.05, 3.63) is 29.6 Å². The smallest absolute Gasteiger partial charge is 0.320 e. The van der Waals surface area contributed by atoms with Gasteiger partial charge in [0.25, 0.3) is 0 Å². The topological polar surface area (TPSA) is 71.1 Å². The Morgan fingerprint density at radius 2 is 2.00 bits per heavy atom. The molecule has 0 unspecified atom stereocenters. The van der Waals surface area contributed by atoms with Crippen LogP contribution in [0.25, 0.3) is 0 Å². The summed E-state index contributed by atoms with van der Waals surface area (Å²) in [7, 11) is 0. The Hall–Kier alpha value is -2.35. The highest BCUT2D eigenvalue weighted by atomic mass is 19.1. The first-order valence-corrected chi connectivity index (χ1v) is 10.3. The van der Waals surface area contributed by atoms with Gasteiger partial charge in [0.05, 0.1) is 18.8 Å². The minimum absolute atomic E-state index is 0.00885. The summed E-state index contributed by atoms with van der Waals surface area (Å²) in [6.07, 6.45) is 2.52. The van der Waals surface area contributed by atoms with Gasteiger partial charge in [-0.15, -0.1) is 0 Å². The van der Waals surface area contributed by atoms with Crippen molar-refractivity contribution in [1.82, 2.24) is 15.1 Å². The summed E-state index contributed by atoms with van der Waals surface area (Å²) in [6, 6.07) is 4.48. The molecule has 0 aliphatic carbocycles. The van der Waals surface area contributed by atoms with Crippen LogP contribution in [0, 0.1) is 18.7 Å². The Labute approximate surface area is 170 Å². The van der Waals surface area contributed by atoms with Crippen molar-refractivity contribution in [2.75, 3.05) is 39.4 Å². The van der Waals surface area contributed by atoms with Crippen LogP contribution < -0.4 is 10.1 Å². The number of aryl methyl sites for hydroxylation is 1. The van der Waals surface area contributed by atoms with Crippen molar-refractivity contribution in [2.24, 2.45) is 5.92 Å². The molecule has 0 radical (unpaired) electrons. The lowest BCUT2D eigenvalue weighted by molar-refractivity contribution is -0.139. The molecule has 1 aromatic carbocycles. The fraction of sp³-hybridized carbons (Fsp3) is 0.619. The molecule has 3 fully saturated rings. The zero-order valence-corrected chi connectivity index (χ0v) is 16.7. The van der Waals surface area contributed by atoms with Gasteiger partial charge in [-0.2, -0.15) is 0 Å². The monoisotopic (exact) mass is 405 g/mol. The lowest BCUT2D eigenvalue weighted by Gasteiger charge is -2.43. The van der Waals surface area contributed by atoms with Crippen LogP contribution in [0.15, 0.2) is 18.2 Å². The molecule has 1 aromatic rings. The van der Waals surface area contributed by atoms with Crippen LogP contribution in [0.1, 0.15) is 24.8 Å². The van der Waals surface area contributed by atoms with E-state index in [0.717, 1.165) is 24.8 Å².